The number of nitro groups is 1. The second-order valence-electron chi connectivity index (χ2n) is 4.56. The van der Waals surface area contributed by atoms with Gasteiger partial charge in [0, 0.05) is 12.6 Å². The summed E-state index contributed by atoms with van der Waals surface area (Å²) in [5, 5.41) is 13.9. The Balaban J connectivity index is 2.55. The van der Waals surface area contributed by atoms with E-state index in [0.717, 1.165) is 5.56 Å². The first-order valence-electron chi connectivity index (χ1n) is 6.16. The van der Waals surface area contributed by atoms with E-state index in [2.05, 4.69) is 5.32 Å². The number of nitro benzene ring substituents is 1. The number of nitrogens with zero attached hydrogens (tertiary/aromatic N) is 1. The highest BCUT2D eigenvalue weighted by Crippen LogP contribution is 2.25. The minimum atomic E-state index is -0.450. The molecule has 3 N–H and O–H groups in total. The number of anilines is 1. The number of nitrogens with one attached hydrogen (secondary N) is 1. The van der Waals surface area contributed by atoms with Crippen LogP contribution >= 0.6 is 0 Å². The molecule has 0 aliphatic heterocycles. The van der Waals surface area contributed by atoms with Gasteiger partial charge < -0.3 is 11.1 Å². The first kappa shape index (κ1) is 15.1. The lowest BCUT2D eigenvalue weighted by Gasteiger charge is -2.10. The van der Waals surface area contributed by atoms with E-state index in [4.69, 9.17) is 5.73 Å². The van der Waals surface area contributed by atoms with Gasteiger partial charge in [0.25, 0.3) is 5.69 Å². The van der Waals surface area contributed by atoms with Crippen LogP contribution in [0.2, 0.25) is 0 Å². The summed E-state index contributed by atoms with van der Waals surface area (Å²) < 4.78 is 0. The molecule has 1 atom stereocenters. The number of rotatable bonds is 7. The van der Waals surface area contributed by atoms with Crippen molar-refractivity contribution in [2.45, 2.75) is 32.7 Å². The standard InChI is InChI=1S/C13H19N3O3/c1-9-5-6-13(16(18)19)12(8-9)15-7-3-4-11(14)10(2)17/h5-6,8,11,15H,3-4,7,14H2,1-2H3. The van der Waals surface area contributed by atoms with E-state index in [1.165, 1.54) is 13.0 Å². The van der Waals surface area contributed by atoms with Gasteiger partial charge in [0.1, 0.15) is 11.5 Å². The number of aryl methyl sites for hydroxylation is 1. The monoisotopic (exact) mass is 265 g/mol. The van der Waals surface area contributed by atoms with Crippen molar-refractivity contribution in [1.29, 1.82) is 0 Å². The number of carbonyl (C=O) groups excluding carboxylic acids is 1. The van der Waals surface area contributed by atoms with Crippen LogP contribution in [0.1, 0.15) is 25.3 Å². The Morgan fingerprint density at radius 1 is 1.53 bits per heavy atom. The molecule has 0 spiro atoms. The molecule has 1 aromatic rings. The Kier molecular flexibility index (Phi) is 5.44. The van der Waals surface area contributed by atoms with Crippen LogP contribution in [0.4, 0.5) is 11.4 Å². The molecule has 0 radical (unpaired) electrons. The van der Waals surface area contributed by atoms with E-state index in [-0.39, 0.29) is 11.5 Å². The summed E-state index contributed by atoms with van der Waals surface area (Å²) in [6.07, 6.45) is 1.26. The van der Waals surface area contributed by atoms with Gasteiger partial charge in [-0.15, -0.1) is 0 Å². The zero-order valence-electron chi connectivity index (χ0n) is 11.2. The van der Waals surface area contributed by atoms with Crippen molar-refractivity contribution in [1.82, 2.24) is 0 Å². The van der Waals surface area contributed by atoms with Crippen LogP contribution in [-0.4, -0.2) is 23.3 Å². The normalized spacial score (nSPS) is 11.9. The van der Waals surface area contributed by atoms with Crippen LogP contribution in [0.15, 0.2) is 18.2 Å². The summed E-state index contributed by atoms with van der Waals surface area (Å²) >= 11 is 0. The summed E-state index contributed by atoms with van der Waals surface area (Å²) in [5.74, 6) is -0.0402. The molecule has 6 heteroatoms. The van der Waals surface area contributed by atoms with Crippen molar-refractivity contribution < 1.29 is 9.72 Å². The summed E-state index contributed by atoms with van der Waals surface area (Å²) in [6, 6.07) is 4.48. The third-order valence-electron chi connectivity index (χ3n) is 2.88. The van der Waals surface area contributed by atoms with Crippen molar-refractivity contribution in [3.8, 4) is 0 Å². The van der Waals surface area contributed by atoms with E-state index in [1.54, 1.807) is 12.1 Å². The van der Waals surface area contributed by atoms with Gasteiger partial charge in [0.05, 0.1) is 11.0 Å². The molecule has 0 aliphatic carbocycles. The van der Waals surface area contributed by atoms with Crippen molar-refractivity contribution in [2.75, 3.05) is 11.9 Å². The third-order valence-corrected chi connectivity index (χ3v) is 2.88. The predicted octanol–water partition coefficient (Wildman–Crippen LogP) is 2.01. The highest BCUT2D eigenvalue weighted by atomic mass is 16.6. The molecule has 0 saturated heterocycles. The van der Waals surface area contributed by atoms with Crippen molar-refractivity contribution in [2.24, 2.45) is 5.73 Å². The van der Waals surface area contributed by atoms with Crippen LogP contribution in [0.25, 0.3) is 0 Å². The number of ketones is 1. The third kappa shape index (κ3) is 4.67. The van der Waals surface area contributed by atoms with Crippen LogP contribution in [0.5, 0.6) is 0 Å². The van der Waals surface area contributed by atoms with Gasteiger partial charge >= 0.3 is 0 Å². The average molecular weight is 265 g/mol. The lowest BCUT2D eigenvalue weighted by Crippen LogP contribution is -2.28. The van der Waals surface area contributed by atoms with Crippen LogP contribution in [0, 0.1) is 17.0 Å². The Labute approximate surface area is 112 Å². The molecule has 104 valence electrons. The smallest absolute Gasteiger partial charge is 0.292 e. The molecular formula is C13H19N3O3. The van der Waals surface area contributed by atoms with Gasteiger partial charge in [-0.3, -0.25) is 14.9 Å². The minimum Gasteiger partial charge on any atom is -0.379 e. The second kappa shape index (κ2) is 6.84. The fourth-order valence-corrected chi connectivity index (χ4v) is 1.70. The number of hydrogen-bond donors (Lipinski definition) is 2. The summed E-state index contributed by atoms with van der Waals surface area (Å²) in [6.45, 7) is 3.88. The molecule has 6 nitrogen and oxygen atoms in total. The number of hydrogen-bond acceptors (Lipinski definition) is 5. The lowest BCUT2D eigenvalue weighted by molar-refractivity contribution is -0.384. The first-order chi connectivity index (χ1) is 8.91. The SMILES string of the molecule is CC(=O)C(N)CCCNc1cc(C)ccc1[N+](=O)[O-]. The van der Waals surface area contributed by atoms with E-state index >= 15 is 0 Å². The first-order valence-corrected chi connectivity index (χ1v) is 6.16. The molecule has 0 amide bonds. The molecule has 0 heterocycles. The largest absolute Gasteiger partial charge is 0.379 e. The molecule has 0 aromatic heterocycles. The summed E-state index contributed by atoms with van der Waals surface area (Å²) in [7, 11) is 0. The molecule has 0 fully saturated rings. The van der Waals surface area contributed by atoms with Crippen molar-refractivity contribution in [3.63, 3.8) is 0 Å². The van der Waals surface area contributed by atoms with E-state index in [0.29, 0.717) is 25.1 Å². The molecule has 19 heavy (non-hydrogen) atoms. The molecule has 1 unspecified atom stereocenters. The number of Topliss-reactive ketones (excluding diaryl/α,β-unsaturated/α-hetero) is 1. The van der Waals surface area contributed by atoms with E-state index < -0.39 is 11.0 Å². The Bertz CT molecular complexity index is 474. The molecule has 1 rings (SSSR count). The lowest BCUT2D eigenvalue weighted by atomic mass is 10.1. The van der Waals surface area contributed by atoms with Crippen LogP contribution < -0.4 is 11.1 Å². The molecule has 0 saturated carbocycles. The highest BCUT2D eigenvalue weighted by molar-refractivity contribution is 5.81. The maximum atomic E-state index is 11.0. The number of carbonyl (C=O) groups is 1. The molecular weight excluding hydrogens is 246 g/mol. The quantitative estimate of drug-likeness (QED) is 0.446. The van der Waals surface area contributed by atoms with Crippen LogP contribution in [-0.2, 0) is 4.79 Å². The average Bonchev–Trinajstić information content (AvgIpc) is 2.33. The summed E-state index contributed by atoms with van der Waals surface area (Å²) in [4.78, 5) is 21.4. The van der Waals surface area contributed by atoms with Gasteiger partial charge in [-0.25, -0.2) is 0 Å². The maximum Gasteiger partial charge on any atom is 0.292 e. The second-order valence-corrected chi connectivity index (χ2v) is 4.56. The molecule has 0 aliphatic rings. The fraction of sp³-hybridized carbons (Fsp3) is 0.462. The fourth-order valence-electron chi connectivity index (χ4n) is 1.70. The molecule has 1 aromatic carbocycles. The maximum absolute atomic E-state index is 11.0. The van der Waals surface area contributed by atoms with E-state index in [9.17, 15) is 14.9 Å². The summed E-state index contributed by atoms with van der Waals surface area (Å²) in [5.41, 5.74) is 7.12. The van der Waals surface area contributed by atoms with Gasteiger partial charge in [-0.1, -0.05) is 6.07 Å². The Morgan fingerprint density at radius 3 is 2.79 bits per heavy atom. The van der Waals surface area contributed by atoms with E-state index in [1.807, 2.05) is 6.92 Å². The van der Waals surface area contributed by atoms with Crippen molar-refractivity contribution in [3.05, 3.63) is 33.9 Å². The predicted molar refractivity (Wildman–Crippen MR) is 74.2 cm³/mol. The van der Waals surface area contributed by atoms with Gasteiger partial charge in [0.2, 0.25) is 0 Å². The van der Waals surface area contributed by atoms with Gasteiger partial charge in [-0.2, -0.15) is 0 Å². The Hall–Kier alpha value is -1.95. The topological polar surface area (TPSA) is 98.3 Å². The number of benzene rings is 1. The zero-order valence-corrected chi connectivity index (χ0v) is 11.2. The Morgan fingerprint density at radius 2 is 2.21 bits per heavy atom. The van der Waals surface area contributed by atoms with Crippen molar-refractivity contribution >= 4 is 17.2 Å². The highest BCUT2D eigenvalue weighted by Gasteiger charge is 2.13. The zero-order chi connectivity index (χ0) is 14.4. The van der Waals surface area contributed by atoms with Gasteiger partial charge in [0.15, 0.2) is 0 Å². The van der Waals surface area contributed by atoms with Gasteiger partial charge in [-0.05, 0) is 38.3 Å². The molecule has 0 bridgehead atoms. The minimum absolute atomic E-state index is 0.0402. The number of nitrogens with two attached hydrogens (primary N) is 1. The van der Waals surface area contributed by atoms with Crippen LogP contribution in [0.3, 0.4) is 0 Å².